The van der Waals surface area contributed by atoms with E-state index in [1.54, 1.807) is 11.0 Å². The highest BCUT2D eigenvalue weighted by molar-refractivity contribution is 6.35. The number of pyridine rings is 1. The summed E-state index contributed by atoms with van der Waals surface area (Å²) in [4.78, 5) is 30.0. The number of H-pyrrole nitrogens is 1. The van der Waals surface area contributed by atoms with Gasteiger partial charge in [-0.25, -0.2) is 0 Å². The number of hydrogen-bond acceptors (Lipinski definition) is 4. The van der Waals surface area contributed by atoms with E-state index in [9.17, 15) is 14.7 Å². The van der Waals surface area contributed by atoms with Crippen LogP contribution in [0.3, 0.4) is 0 Å². The van der Waals surface area contributed by atoms with Crippen LogP contribution >= 0.6 is 11.6 Å². The maximum atomic E-state index is 13.2. The van der Waals surface area contributed by atoms with Crippen molar-refractivity contribution < 1.29 is 14.6 Å². The highest BCUT2D eigenvalue weighted by atomic mass is 35.5. The zero-order valence-corrected chi connectivity index (χ0v) is 18.0. The van der Waals surface area contributed by atoms with E-state index in [-0.39, 0.29) is 41.7 Å². The maximum Gasteiger partial charge on any atom is 0.256 e. The van der Waals surface area contributed by atoms with Crippen molar-refractivity contribution in [2.24, 2.45) is 5.92 Å². The molecule has 2 atom stereocenters. The van der Waals surface area contributed by atoms with Gasteiger partial charge in [-0.3, -0.25) is 9.59 Å². The number of rotatable bonds is 6. The lowest BCUT2D eigenvalue weighted by atomic mass is 9.97. The molecule has 1 aromatic carbocycles. The second kappa shape index (κ2) is 8.59. The molecule has 2 aromatic rings. The van der Waals surface area contributed by atoms with Crippen LogP contribution in [0.4, 0.5) is 0 Å². The van der Waals surface area contributed by atoms with Crippen molar-refractivity contribution in [1.82, 2.24) is 9.88 Å². The molecule has 29 heavy (non-hydrogen) atoms. The van der Waals surface area contributed by atoms with Crippen LogP contribution in [0.2, 0.25) is 5.02 Å². The lowest BCUT2D eigenvalue weighted by Gasteiger charge is -2.30. The highest BCUT2D eigenvalue weighted by Gasteiger charge is 2.30. The number of aryl methyl sites for hydroxylation is 2. The molecule has 0 fully saturated rings. The minimum absolute atomic E-state index is 0.000875. The molecule has 1 amide bonds. The van der Waals surface area contributed by atoms with Gasteiger partial charge in [-0.15, -0.1) is 0 Å². The molecule has 1 aromatic heterocycles. The Labute approximate surface area is 175 Å². The molecular formula is C22H27ClN2O4. The van der Waals surface area contributed by atoms with Gasteiger partial charge in [0.25, 0.3) is 11.5 Å². The Kier molecular flexibility index (Phi) is 6.34. The highest BCUT2D eigenvalue weighted by Crippen LogP contribution is 2.35. The molecule has 0 saturated heterocycles. The Morgan fingerprint density at radius 3 is 2.66 bits per heavy atom. The molecule has 0 radical (unpaired) electrons. The molecule has 1 aliphatic heterocycles. The second-order valence-corrected chi connectivity index (χ2v) is 8.19. The summed E-state index contributed by atoms with van der Waals surface area (Å²) in [5.41, 5.74) is 3.38. The third-order valence-corrected chi connectivity index (χ3v) is 5.97. The second-order valence-electron chi connectivity index (χ2n) is 7.81. The number of nitrogens with one attached hydrogen (secondary N) is 1. The molecule has 0 bridgehead atoms. The van der Waals surface area contributed by atoms with E-state index >= 15 is 0 Å². The largest absolute Gasteiger partial charge is 0.489 e. The van der Waals surface area contributed by atoms with Gasteiger partial charge in [-0.1, -0.05) is 24.6 Å². The number of carbonyl (C=O) groups excluding carboxylic acids is 1. The molecule has 0 saturated carbocycles. The topological polar surface area (TPSA) is 82.6 Å². The van der Waals surface area contributed by atoms with E-state index in [0.717, 1.165) is 16.8 Å². The molecule has 1 aliphatic rings. The number of benzene rings is 1. The summed E-state index contributed by atoms with van der Waals surface area (Å²) in [5.74, 6) is 0.159. The quantitative estimate of drug-likeness (QED) is 0.754. The SMILES string of the molecule is Cc1cc(C)c(CN2CCc3ccc(O[C@H](C)[C@H](C)CO)c(Cl)c3C2=O)c(=O)[nH]1. The van der Waals surface area contributed by atoms with Crippen LogP contribution in [0.5, 0.6) is 5.75 Å². The van der Waals surface area contributed by atoms with Crippen LogP contribution in [0.1, 0.15) is 46.6 Å². The van der Waals surface area contributed by atoms with Gasteiger partial charge in [0.05, 0.1) is 17.1 Å². The molecule has 2 N–H and O–H groups in total. The maximum absolute atomic E-state index is 13.2. The van der Waals surface area contributed by atoms with Crippen LogP contribution in [-0.2, 0) is 13.0 Å². The first-order valence-electron chi connectivity index (χ1n) is 9.80. The average Bonchev–Trinajstić information content (AvgIpc) is 2.67. The minimum Gasteiger partial charge on any atom is -0.489 e. The van der Waals surface area contributed by atoms with Crippen LogP contribution in [0.15, 0.2) is 23.0 Å². The summed E-state index contributed by atoms with van der Waals surface area (Å²) in [5, 5.41) is 9.60. The monoisotopic (exact) mass is 418 g/mol. The summed E-state index contributed by atoms with van der Waals surface area (Å²) < 4.78 is 5.90. The fourth-order valence-corrected chi connectivity index (χ4v) is 3.84. The van der Waals surface area contributed by atoms with E-state index in [1.807, 2.05) is 39.8 Å². The van der Waals surface area contributed by atoms with Gasteiger partial charge in [-0.2, -0.15) is 0 Å². The average molecular weight is 419 g/mol. The zero-order valence-electron chi connectivity index (χ0n) is 17.2. The number of carbonyl (C=O) groups is 1. The number of hydrogen-bond donors (Lipinski definition) is 2. The molecule has 3 rings (SSSR count). The van der Waals surface area contributed by atoms with E-state index in [0.29, 0.717) is 29.8 Å². The molecule has 6 nitrogen and oxygen atoms in total. The lowest BCUT2D eigenvalue weighted by molar-refractivity contribution is 0.0723. The number of ether oxygens (including phenoxy) is 1. The number of aliphatic hydroxyl groups is 1. The lowest BCUT2D eigenvalue weighted by Crippen LogP contribution is -2.39. The Balaban J connectivity index is 1.89. The van der Waals surface area contributed by atoms with Gasteiger partial charge < -0.3 is 19.7 Å². The normalized spacial score (nSPS) is 15.8. The van der Waals surface area contributed by atoms with E-state index in [2.05, 4.69) is 4.98 Å². The predicted octanol–water partition coefficient (Wildman–Crippen LogP) is 3.24. The van der Waals surface area contributed by atoms with Crippen molar-refractivity contribution in [2.75, 3.05) is 13.2 Å². The summed E-state index contributed by atoms with van der Waals surface area (Å²) >= 11 is 6.56. The Hall–Kier alpha value is -2.31. The summed E-state index contributed by atoms with van der Waals surface area (Å²) in [7, 11) is 0. The standard InChI is InChI=1S/C22H27ClN2O4/c1-12-9-14(3)24-21(27)17(12)10-25-8-7-16-5-6-18(20(23)19(16)22(25)28)29-15(4)13(2)11-26/h5-6,9,13,15,26H,7-8,10-11H2,1-4H3,(H,24,27)/t13-,15-/m1/s1. The van der Waals surface area contributed by atoms with Gasteiger partial charge in [0, 0.05) is 30.3 Å². The number of aromatic amines is 1. The summed E-state index contributed by atoms with van der Waals surface area (Å²) in [6, 6.07) is 5.55. The van der Waals surface area contributed by atoms with Crippen LogP contribution in [-0.4, -0.2) is 40.2 Å². The zero-order chi connectivity index (χ0) is 21.3. The molecule has 0 aliphatic carbocycles. The van der Waals surface area contributed by atoms with Gasteiger partial charge >= 0.3 is 0 Å². The van der Waals surface area contributed by atoms with Gasteiger partial charge in [0.1, 0.15) is 11.9 Å². The third kappa shape index (κ3) is 4.33. The van der Waals surface area contributed by atoms with Crippen LogP contribution < -0.4 is 10.3 Å². The third-order valence-electron chi connectivity index (χ3n) is 5.59. The molecular weight excluding hydrogens is 392 g/mol. The first kappa shape index (κ1) is 21.4. The smallest absolute Gasteiger partial charge is 0.256 e. The van der Waals surface area contributed by atoms with Crippen molar-refractivity contribution in [2.45, 2.75) is 46.8 Å². The molecule has 7 heteroatoms. The van der Waals surface area contributed by atoms with Gasteiger partial charge in [0.2, 0.25) is 0 Å². The predicted molar refractivity (Wildman–Crippen MR) is 113 cm³/mol. The first-order valence-corrected chi connectivity index (χ1v) is 10.2. The number of fused-ring (bicyclic) bond motifs is 1. The number of aromatic nitrogens is 1. The van der Waals surface area contributed by atoms with Crippen molar-refractivity contribution >= 4 is 17.5 Å². The Morgan fingerprint density at radius 1 is 1.28 bits per heavy atom. The Morgan fingerprint density at radius 2 is 2.00 bits per heavy atom. The molecule has 156 valence electrons. The number of nitrogens with zero attached hydrogens (tertiary/aromatic N) is 1. The number of aliphatic hydroxyl groups excluding tert-OH is 1. The van der Waals surface area contributed by atoms with Crippen LogP contribution in [0.25, 0.3) is 0 Å². The summed E-state index contributed by atoms with van der Waals surface area (Å²) in [6.07, 6.45) is 0.408. The molecule has 0 spiro atoms. The van der Waals surface area contributed by atoms with Crippen molar-refractivity contribution in [3.05, 3.63) is 61.5 Å². The first-order chi connectivity index (χ1) is 13.7. The number of amides is 1. The van der Waals surface area contributed by atoms with Crippen molar-refractivity contribution in [3.8, 4) is 5.75 Å². The van der Waals surface area contributed by atoms with Crippen molar-refractivity contribution in [1.29, 1.82) is 0 Å². The van der Waals surface area contributed by atoms with Gasteiger partial charge in [-0.05, 0) is 50.5 Å². The Bertz CT molecular complexity index is 986. The molecule has 2 heterocycles. The van der Waals surface area contributed by atoms with E-state index < -0.39 is 0 Å². The summed E-state index contributed by atoms with van der Waals surface area (Å²) in [6.45, 7) is 8.21. The van der Waals surface area contributed by atoms with Gasteiger partial charge in [0.15, 0.2) is 0 Å². The van der Waals surface area contributed by atoms with E-state index in [4.69, 9.17) is 16.3 Å². The van der Waals surface area contributed by atoms with E-state index in [1.165, 1.54) is 0 Å². The minimum atomic E-state index is -0.251. The fourth-order valence-electron chi connectivity index (χ4n) is 3.53. The number of halogens is 1. The fraction of sp³-hybridized carbons (Fsp3) is 0.455. The molecule has 0 unspecified atom stereocenters. The van der Waals surface area contributed by atoms with Crippen LogP contribution in [0, 0.1) is 19.8 Å². The van der Waals surface area contributed by atoms with Crippen molar-refractivity contribution in [3.63, 3.8) is 0 Å².